The minimum Gasteiger partial charge on any atom is -0.313 e. The fourth-order valence-electron chi connectivity index (χ4n) is 2.14. The van der Waals surface area contributed by atoms with Gasteiger partial charge in [-0.15, -0.1) is 0 Å². The summed E-state index contributed by atoms with van der Waals surface area (Å²) < 4.78 is 40.3. The molecule has 116 valence electrons. The van der Waals surface area contributed by atoms with Crippen LogP contribution in [0.15, 0.2) is 29.2 Å². The molecule has 0 bridgehead atoms. The van der Waals surface area contributed by atoms with Gasteiger partial charge in [-0.05, 0) is 30.7 Å². The lowest BCUT2D eigenvalue weighted by atomic mass is 10.2. The Balaban J connectivity index is 2.38. The van der Waals surface area contributed by atoms with E-state index in [1.165, 1.54) is 10.4 Å². The van der Waals surface area contributed by atoms with Crippen LogP contribution >= 0.6 is 11.6 Å². The number of rotatable bonds is 5. The van der Waals surface area contributed by atoms with Crippen LogP contribution in [0.3, 0.4) is 0 Å². The Morgan fingerprint density at radius 2 is 2.14 bits per heavy atom. The van der Waals surface area contributed by atoms with E-state index in [4.69, 9.17) is 11.6 Å². The Labute approximate surface area is 129 Å². The first-order chi connectivity index (χ1) is 9.96. The van der Waals surface area contributed by atoms with Gasteiger partial charge in [0.05, 0.1) is 9.92 Å². The third-order valence-electron chi connectivity index (χ3n) is 3.30. The Morgan fingerprint density at radius 3 is 2.76 bits per heavy atom. The molecule has 0 saturated heterocycles. The van der Waals surface area contributed by atoms with Gasteiger partial charge < -0.3 is 5.32 Å². The molecule has 0 aliphatic carbocycles. The van der Waals surface area contributed by atoms with E-state index in [-0.39, 0.29) is 9.92 Å². The summed E-state index contributed by atoms with van der Waals surface area (Å²) in [6, 6.07) is 2.44. The summed E-state index contributed by atoms with van der Waals surface area (Å²) in [5, 5.41) is 2.99. The normalized spacial score (nSPS) is 16.3. The predicted octanol–water partition coefficient (Wildman–Crippen LogP) is 2.54. The molecule has 1 aromatic rings. The van der Waals surface area contributed by atoms with Gasteiger partial charge in [-0.25, -0.2) is 12.8 Å². The first-order valence-corrected chi connectivity index (χ1v) is 8.62. The van der Waals surface area contributed by atoms with Gasteiger partial charge in [-0.1, -0.05) is 30.7 Å². The molecular weight excluding hydrogens is 315 g/mol. The minimum atomic E-state index is -3.69. The maximum atomic E-state index is 13.9. The van der Waals surface area contributed by atoms with Crippen molar-refractivity contribution >= 4 is 21.6 Å². The zero-order valence-corrected chi connectivity index (χ0v) is 13.3. The molecule has 21 heavy (non-hydrogen) atoms. The molecule has 1 aromatic carbocycles. The molecule has 0 spiro atoms. The van der Waals surface area contributed by atoms with Gasteiger partial charge >= 0.3 is 0 Å². The van der Waals surface area contributed by atoms with Gasteiger partial charge in [0.15, 0.2) is 0 Å². The van der Waals surface area contributed by atoms with Gasteiger partial charge in [0.25, 0.3) is 0 Å². The lowest BCUT2D eigenvalue weighted by molar-refractivity contribution is 0.437. The maximum absolute atomic E-state index is 13.9. The Morgan fingerprint density at radius 1 is 1.38 bits per heavy atom. The molecule has 2 rings (SSSR count). The number of halogens is 2. The van der Waals surface area contributed by atoms with Crippen molar-refractivity contribution in [2.75, 3.05) is 19.6 Å². The van der Waals surface area contributed by atoms with Gasteiger partial charge in [-0.3, -0.25) is 0 Å². The Hall–Kier alpha value is -0.950. The molecule has 4 nitrogen and oxygen atoms in total. The SMILES string of the molecule is CCNCc1cc(S(=O)(=O)N2CC=CCC2)cc(F)c1Cl. The van der Waals surface area contributed by atoms with Gasteiger partial charge in [0, 0.05) is 19.6 Å². The van der Waals surface area contributed by atoms with Crippen molar-refractivity contribution in [3.05, 3.63) is 40.7 Å². The molecule has 0 aromatic heterocycles. The zero-order chi connectivity index (χ0) is 15.5. The van der Waals surface area contributed by atoms with Crippen molar-refractivity contribution in [3.8, 4) is 0 Å². The van der Waals surface area contributed by atoms with Crippen LogP contribution in [0.4, 0.5) is 4.39 Å². The van der Waals surface area contributed by atoms with E-state index < -0.39 is 15.8 Å². The van der Waals surface area contributed by atoms with Crippen LogP contribution in [-0.2, 0) is 16.6 Å². The first kappa shape index (κ1) is 16.4. The van der Waals surface area contributed by atoms with Gasteiger partial charge in [0.1, 0.15) is 5.82 Å². The van der Waals surface area contributed by atoms with Gasteiger partial charge in [-0.2, -0.15) is 4.31 Å². The molecule has 1 N–H and O–H groups in total. The van der Waals surface area contributed by atoms with E-state index in [9.17, 15) is 12.8 Å². The molecule has 1 aliphatic rings. The second-order valence-electron chi connectivity index (χ2n) is 4.78. The van der Waals surface area contributed by atoms with E-state index in [0.29, 0.717) is 38.2 Å². The molecule has 0 fully saturated rings. The molecule has 0 radical (unpaired) electrons. The van der Waals surface area contributed by atoms with Crippen molar-refractivity contribution in [1.82, 2.24) is 9.62 Å². The predicted molar refractivity (Wildman–Crippen MR) is 81.3 cm³/mol. The minimum absolute atomic E-state index is 0.0339. The van der Waals surface area contributed by atoms with E-state index in [2.05, 4.69) is 5.32 Å². The third kappa shape index (κ3) is 3.63. The third-order valence-corrected chi connectivity index (χ3v) is 5.57. The van der Waals surface area contributed by atoms with E-state index in [0.717, 1.165) is 6.07 Å². The highest BCUT2D eigenvalue weighted by molar-refractivity contribution is 7.89. The summed E-state index contributed by atoms with van der Waals surface area (Å²) >= 11 is 5.90. The molecule has 0 saturated carbocycles. The van der Waals surface area contributed by atoms with Gasteiger partial charge in [0.2, 0.25) is 10.0 Å². The highest BCUT2D eigenvalue weighted by Gasteiger charge is 2.26. The summed E-state index contributed by atoms with van der Waals surface area (Å²) in [7, 11) is -3.69. The Bertz CT molecular complexity index is 647. The van der Waals surface area contributed by atoms with Crippen LogP contribution in [-0.4, -0.2) is 32.4 Å². The molecule has 0 amide bonds. The van der Waals surface area contributed by atoms with Crippen LogP contribution in [0.2, 0.25) is 5.02 Å². The van der Waals surface area contributed by atoms with E-state index in [1.807, 2.05) is 13.0 Å². The summed E-state index contributed by atoms with van der Waals surface area (Å²) in [6.07, 6.45) is 4.40. The van der Waals surface area contributed by atoms with Crippen molar-refractivity contribution in [3.63, 3.8) is 0 Å². The standard InChI is InChI=1S/C14H18ClFN2O2S/c1-2-17-10-11-8-12(9-13(16)14(11)15)21(19,20)18-6-4-3-5-7-18/h3-4,8-9,17H,2,5-7,10H2,1H3. The van der Waals surface area contributed by atoms with Crippen LogP contribution in [0.5, 0.6) is 0 Å². The molecular formula is C14H18ClFN2O2S. The van der Waals surface area contributed by atoms with Crippen LogP contribution < -0.4 is 5.32 Å². The first-order valence-electron chi connectivity index (χ1n) is 6.80. The summed E-state index contributed by atoms with van der Waals surface area (Å²) in [4.78, 5) is -0.0485. The van der Waals surface area contributed by atoms with E-state index >= 15 is 0 Å². The molecule has 0 unspecified atom stereocenters. The summed E-state index contributed by atoms with van der Waals surface area (Å²) in [6.45, 7) is 3.65. The largest absolute Gasteiger partial charge is 0.313 e. The smallest absolute Gasteiger partial charge is 0.243 e. The van der Waals surface area contributed by atoms with E-state index in [1.54, 1.807) is 6.08 Å². The molecule has 0 atom stereocenters. The average molecular weight is 333 g/mol. The van der Waals surface area contributed by atoms with Crippen molar-refractivity contribution in [2.45, 2.75) is 24.8 Å². The highest BCUT2D eigenvalue weighted by Crippen LogP contribution is 2.27. The molecule has 1 heterocycles. The monoisotopic (exact) mass is 332 g/mol. The van der Waals surface area contributed by atoms with Crippen LogP contribution in [0.25, 0.3) is 0 Å². The number of sulfonamides is 1. The number of hydrogen-bond acceptors (Lipinski definition) is 3. The van der Waals surface area contributed by atoms with Crippen LogP contribution in [0.1, 0.15) is 18.9 Å². The second kappa shape index (κ2) is 6.87. The quantitative estimate of drug-likeness (QED) is 0.843. The topological polar surface area (TPSA) is 49.4 Å². The molecule has 1 aliphatic heterocycles. The second-order valence-corrected chi connectivity index (χ2v) is 7.10. The lowest BCUT2D eigenvalue weighted by Crippen LogP contribution is -2.34. The van der Waals surface area contributed by atoms with Crippen molar-refractivity contribution in [1.29, 1.82) is 0 Å². The zero-order valence-electron chi connectivity index (χ0n) is 11.8. The van der Waals surface area contributed by atoms with Crippen molar-refractivity contribution in [2.24, 2.45) is 0 Å². The highest BCUT2D eigenvalue weighted by atomic mass is 35.5. The lowest BCUT2D eigenvalue weighted by Gasteiger charge is -2.23. The Kier molecular flexibility index (Phi) is 5.37. The van der Waals surface area contributed by atoms with Crippen LogP contribution in [0, 0.1) is 5.82 Å². The average Bonchev–Trinajstić information content (AvgIpc) is 2.49. The summed E-state index contributed by atoms with van der Waals surface area (Å²) in [5.41, 5.74) is 0.449. The maximum Gasteiger partial charge on any atom is 0.243 e. The number of nitrogens with zero attached hydrogens (tertiary/aromatic N) is 1. The number of hydrogen-bond donors (Lipinski definition) is 1. The number of nitrogens with one attached hydrogen (secondary N) is 1. The fourth-order valence-corrected chi connectivity index (χ4v) is 3.79. The fraction of sp³-hybridized carbons (Fsp3) is 0.429. The molecule has 7 heteroatoms. The van der Waals surface area contributed by atoms with Crippen molar-refractivity contribution < 1.29 is 12.8 Å². The summed E-state index contributed by atoms with van der Waals surface area (Å²) in [5.74, 6) is -0.710. The number of benzene rings is 1.